The van der Waals surface area contributed by atoms with Gasteiger partial charge in [-0.1, -0.05) is 6.07 Å². The molecule has 0 radical (unpaired) electrons. The number of hydrogen-bond acceptors (Lipinski definition) is 4. The van der Waals surface area contributed by atoms with E-state index in [-0.39, 0.29) is 23.8 Å². The molecule has 0 N–H and O–H groups in total. The highest BCUT2D eigenvalue weighted by Gasteiger charge is 2.26. The summed E-state index contributed by atoms with van der Waals surface area (Å²) in [6.07, 6.45) is 1.67. The van der Waals surface area contributed by atoms with Crippen LogP contribution in [-0.4, -0.2) is 9.85 Å². The summed E-state index contributed by atoms with van der Waals surface area (Å²) in [5.74, 6) is 0. The van der Waals surface area contributed by atoms with Crippen molar-refractivity contribution in [1.82, 2.24) is 0 Å². The second kappa shape index (κ2) is 6.07. The molecule has 0 aliphatic carbocycles. The highest BCUT2D eigenvalue weighted by molar-refractivity contribution is 5.53. The van der Waals surface area contributed by atoms with Gasteiger partial charge in [0.1, 0.15) is 6.07 Å². The average Bonchev–Trinajstić information content (AvgIpc) is 2.38. The SMILES string of the molecule is Cc1cccc[n+]1-c1ccc([N+](=O)[O-])cc1[N+](=O)[O-].[Cl-]. The Kier molecular flexibility index (Phi) is 4.71. The van der Waals surface area contributed by atoms with Crippen molar-refractivity contribution in [3.63, 3.8) is 0 Å². The van der Waals surface area contributed by atoms with E-state index in [1.807, 2.05) is 6.07 Å². The minimum absolute atomic E-state index is 0. The number of halogens is 1. The molecule has 2 rings (SSSR count). The third-order valence-corrected chi connectivity index (χ3v) is 2.69. The van der Waals surface area contributed by atoms with E-state index in [0.717, 1.165) is 11.8 Å². The van der Waals surface area contributed by atoms with E-state index < -0.39 is 9.85 Å². The maximum atomic E-state index is 11.1. The Morgan fingerprint density at radius 3 is 2.30 bits per heavy atom. The van der Waals surface area contributed by atoms with Gasteiger partial charge < -0.3 is 12.4 Å². The highest BCUT2D eigenvalue weighted by Crippen LogP contribution is 2.24. The summed E-state index contributed by atoms with van der Waals surface area (Å²) in [5, 5.41) is 21.7. The molecule has 8 heteroatoms. The normalized spacial score (nSPS) is 9.65. The first kappa shape index (κ1) is 15.5. The fourth-order valence-electron chi connectivity index (χ4n) is 1.77. The smallest absolute Gasteiger partial charge is 0.347 e. The molecule has 0 aliphatic rings. The molecule has 0 bridgehead atoms. The van der Waals surface area contributed by atoms with E-state index in [1.54, 1.807) is 29.8 Å². The van der Waals surface area contributed by atoms with Gasteiger partial charge in [-0.15, -0.1) is 0 Å². The number of rotatable bonds is 3. The molecule has 0 amide bonds. The monoisotopic (exact) mass is 295 g/mol. The van der Waals surface area contributed by atoms with Crippen molar-refractivity contribution >= 4 is 11.4 Å². The Morgan fingerprint density at radius 2 is 1.75 bits per heavy atom. The fraction of sp³-hybridized carbons (Fsp3) is 0.0833. The number of nitrogens with zero attached hydrogens (tertiary/aromatic N) is 3. The van der Waals surface area contributed by atoms with Crippen LogP contribution in [-0.2, 0) is 0 Å². The van der Waals surface area contributed by atoms with Gasteiger partial charge in [0.15, 0.2) is 11.9 Å². The molecule has 0 saturated heterocycles. The lowest BCUT2D eigenvalue weighted by Gasteiger charge is -2.00. The quantitative estimate of drug-likeness (QED) is 0.416. The predicted molar refractivity (Wildman–Crippen MR) is 66.0 cm³/mol. The maximum absolute atomic E-state index is 11.1. The molecule has 0 aliphatic heterocycles. The molecule has 0 spiro atoms. The molecule has 1 heterocycles. The standard InChI is InChI=1S/C12H10N3O4.ClH/c1-9-4-2-3-7-13(9)11-6-5-10(14(16)17)8-12(11)15(18)19;/h2-8H,1H3;1H/q+1;/p-1. The summed E-state index contributed by atoms with van der Waals surface area (Å²) >= 11 is 0. The van der Waals surface area contributed by atoms with E-state index in [4.69, 9.17) is 0 Å². The van der Waals surface area contributed by atoms with Gasteiger partial charge in [-0.25, -0.2) is 0 Å². The van der Waals surface area contributed by atoms with Gasteiger partial charge in [-0.3, -0.25) is 20.2 Å². The van der Waals surface area contributed by atoms with Crippen molar-refractivity contribution in [3.05, 3.63) is 68.5 Å². The van der Waals surface area contributed by atoms with Gasteiger partial charge in [-0.05, 0) is 0 Å². The first-order valence-corrected chi connectivity index (χ1v) is 5.41. The first-order chi connectivity index (χ1) is 9.00. The van der Waals surface area contributed by atoms with Crippen LogP contribution in [0.1, 0.15) is 5.69 Å². The molecule has 104 valence electrons. The van der Waals surface area contributed by atoms with Crippen molar-refractivity contribution in [2.75, 3.05) is 0 Å². The summed E-state index contributed by atoms with van der Waals surface area (Å²) in [6.45, 7) is 1.80. The maximum Gasteiger partial charge on any atom is 0.347 e. The number of pyridine rings is 1. The Balaban J connectivity index is 0.00000200. The van der Waals surface area contributed by atoms with Gasteiger partial charge in [-0.2, -0.15) is 4.57 Å². The van der Waals surface area contributed by atoms with Crippen LogP contribution in [0.4, 0.5) is 11.4 Å². The molecule has 0 saturated carbocycles. The third-order valence-electron chi connectivity index (χ3n) is 2.69. The molecule has 0 fully saturated rings. The van der Waals surface area contributed by atoms with Gasteiger partial charge in [0.2, 0.25) is 0 Å². The number of benzene rings is 1. The van der Waals surface area contributed by atoms with Crippen LogP contribution < -0.4 is 17.0 Å². The number of aromatic nitrogens is 1. The van der Waals surface area contributed by atoms with Crippen LogP contribution >= 0.6 is 0 Å². The van der Waals surface area contributed by atoms with Crippen LogP contribution in [0, 0.1) is 27.2 Å². The molecular weight excluding hydrogens is 286 g/mol. The van der Waals surface area contributed by atoms with Crippen LogP contribution in [0.5, 0.6) is 0 Å². The molecule has 0 atom stereocenters. The second-order valence-electron chi connectivity index (χ2n) is 3.90. The van der Waals surface area contributed by atoms with Crippen molar-refractivity contribution in [2.45, 2.75) is 6.92 Å². The Bertz CT molecular complexity index is 676. The topological polar surface area (TPSA) is 90.2 Å². The predicted octanol–water partition coefficient (Wildman–Crippen LogP) is -0.908. The zero-order valence-electron chi connectivity index (χ0n) is 10.4. The summed E-state index contributed by atoms with van der Waals surface area (Å²) in [7, 11) is 0. The third kappa shape index (κ3) is 2.89. The molecule has 1 aromatic heterocycles. The van der Waals surface area contributed by atoms with Crippen molar-refractivity contribution in [2.24, 2.45) is 0 Å². The number of nitro benzene ring substituents is 2. The summed E-state index contributed by atoms with van der Waals surface area (Å²) < 4.78 is 1.61. The summed E-state index contributed by atoms with van der Waals surface area (Å²) in [5.41, 5.74) is 0.492. The lowest BCUT2D eigenvalue weighted by molar-refractivity contribution is -0.607. The summed E-state index contributed by atoms with van der Waals surface area (Å²) in [6, 6.07) is 8.94. The van der Waals surface area contributed by atoms with E-state index >= 15 is 0 Å². The lowest BCUT2D eigenvalue weighted by Crippen LogP contribution is -3.00. The first-order valence-electron chi connectivity index (χ1n) is 5.41. The van der Waals surface area contributed by atoms with Gasteiger partial charge >= 0.3 is 5.69 Å². The van der Waals surface area contributed by atoms with Crippen LogP contribution in [0.25, 0.3) is 5.69 Å². The largest absolute Gasteiger partial charge is 1.00 e. The number of hydrogen-bond donors (Lipinski definition) is 0. The fourth-order valence-corrected chi connectivity index (χ4v) is 1.77. The van der Waals surface area contributed by atoms with Crippen LogP contribution in [0.15, 0.2) is 42.6 Å². The van der Waals surface area contributed by atoms with E-state index in [2.05, 4.69) is 0 Å². The number of aryl methyl sites for hydroxylation is 1. The van der Waals surface area contributed by atoms with Crippen LogP contribution in [0.3, 0.4) is 0 Å². The second-order valence-corrected chi connectivity index (χ2v) is 3.90. The Hall–Kier alpha value is -2.54. The van der Waals surface area contributed by atoms with E-state index in [0.29, 0.717) is 5.69 Å². The molecule has 0 unspecified atom stereocenters. The minimum Gasteiger partial charge on any atom is -1.00 e. The van der Waals surface area contributed by atoms with Crippen molar-refractivity contribution in [1.29, 1.82) is 0 Å². The molecule has 7 nitrogen and oxygen atoms in total. The minimum atomic E-state index is -0.653. The van der Waals surface area contributed by atoms with Gasteiger partial charge in [0, 0.05) is 31.2 Å². The Labute approximate surface area is 120 Å². The van der Waals surface area contributed by atoms with Crippen molar-refractivity contribution in [3.8, 4) is 5.69 Å². The zero-order valence-corrected chi connectivity index (χ0v) is 11.1. The van der Waals surface area contributed by atoms with Gasteiger partial charge in [0.05, 0.1) is 9.85 Å². The van der Waals surface area contributed by atoms with E-state index in [9.17, 15) is 20.2 Å². The highest BCUT2D eigenvalue weighted by atomic mass is 35.5. The zero-order chi connectivity index (χ0) is 14.0. The molecule has 1 aromatic carbocycles. The van der Waals surface area contributed by atoms with Crippen molar-refractivity contribution < 1.29 is 26.8 Å². The Morgan fingerprint density at radius 1 is 1.05 bits per heavy atom. The average molecular weight is 296 g/mol. The molecule has 2 aromatic rings. The lowest BCUT2D eigenvalue weighted by atomic mass is 10.2. The summed E-state index contributed by atoms with van der Waals surface area (Å²) in [4.78, 5) is 20.4. The van der Waals surface area contributed by atoms with E-state index in [1.165, 1.54) is 12.1 Å². The van der Waals surface area contributed by atoms with Crippen LogP contribution in [0.2, 0.25) is 0 Å². The molecular formula is C12H10ClN3O4. The number of non-ortho nitro benzene ring substituents is 1. The van der Waals surface area contributed by atoms with Gasteiger partial charge in [0.25, 0.3) is 11.4 Å². The number of nitro groups is 2. The molecule has 20 heavy (non-hydrogen) atoms.